The van der Waals surface area contributed by atoms with E-state index in [1.807, 2.05) is 18.2 Å². The Morgan fingerprint density at radius 3 is 1.86 bits per heavy atom. The Morgan fingerprint density at radius 2 is 1.38 bits per heavy atom. The van der Waals surface area contributed by atoms with Gasteiger partial charge in [-0.05, 0) is 39.5 Å². The van der Waals surface area contributed by atoms with Gasteiger partial charge in [-0.2, -0.15) is 0 Å². The van der Waals surface area contributed by atoms with Crippen molar-refractivity contribution in [1.29, 1.82) is 0 Å². The van der Waals surface area contributed by atoms with Crippen molar-refractivity contribution in [3.63, 3.8) is 0 Å². The van der Waals surface area contributed by atoms with Gasteiger partial charge in [0.1, 0.15) is 0 Å². The first kappa shape index (κ1) is 28.9. The molecule has 3 aromatic rings. The molecule has 0 radical (unpaired) electrons. The van der Waals surface area contributed by atoms with Gasteiger partial charge in [0.25, 0.3) is 8.32 Å². The molecule has 0 aliphatic rings. The van der Waals surface area contributed by atoms with Crippen LogP contribution in [0.25, 0.3) is 0 Å². The third-order valence-corrected chi connectivity index (χ3v) is 11.9. The normalized spacial score (nSPS) is 13.7. The zero-order valence-corrected chi connectivity index (χ0v) is 24.1. The van der Waals surface area contributed by atoms with Crippen molar-refractivity contribution in [3.05, 3.63) is 84.4 Å². The van der Waals surface area contributed by atoms with Gasteiger partial charge in [-0.15, -0.1) is 0 Å². The summed E-state index contributed by atoms with van der Waals surface area (Å²) in [5, 5.41) is 12.2. The lowest BCUT2D eigenvalue weighted by atomic mass is 10.0. The van der Waals surface area contributed by atoms with E-state index in [9.17, 15) is 5.11 Å². The van der Waals surface area contributed by atoms with Gasteiger partial charge in [0, 0.05) is 19.1 Å². The summed E-state index contributed by atoms with van der Waals surface area (Å²) in [7, 11) is 0.611. The minimum absolute atomic E-state index is 0.0557. The number of benzene rings is 3. The molecular formula is C31H42O5Si. The third kappa shape index (κ3) is 6.82. The highest BCUT2D eigenvalue weighted by molar-refractivity contribution is 6.99. The quantitative estimate of drug-likeness (QED) is 0.313. The number of hydrogen-bond donors (Lipinski definition) is 1. The maximum absolute atomic E-state index is 9.80. The number of ether oxygens (including phenoxy) is 3. The molecule has 0 fully saturated rings. The number of aliphatic hydroxyl groups is 1. The summed E-state index contributed by atoms with van der Waals surface area (Å²) in [6, 6.07) is 27.1. The van der Waals surface area contributed by atoms with Gasteiger partial charge < -0.3 is 23.7 Å². The third-order valence-electron chi connectivity index (χ3n) is 6.94. The Balaban J connectivity index is 1.83. The predicted octanol–water partition coefficient (Wildman–Crippen LogP) is 5.18. The zero-order chi connectivity index (χ0) is 26.9. The Hall–Kier alpha value is -2.64. The molecule has 0 aliphatic carbocycles. The second-order valence-electron chi connectivity index (χ2n) is 10.5. The lowest BCUT2D eigenvalue weighted by Crippen LogP contribution is -2.67. The van der Waals surface area contributed by atoms with E-state index in [0.717, 1.165) is 5.56 Å². The standard InChI is InChI=1S/C31H42O5Si/c1-24(28(19-20-32)35-23-25-17-18-29(33-5)30(21-25)34-6)22-36-37(31(2,3)4,26-13-9-7-10-14-26)27-15-11-8-12-16-27/h7-18,21,24,28,32H,19-20,22-23H2,1-6H3/t24-,28-/m1/s1. The van der Waals surface area contributed by atoms with Crippen molar-refractivity contribution in [2.24, 2.45) is 5.92 Å². The van der Waals surface area contributed by atoms with Gasteiger partial charge in [0.15, 0.2) is 11.5 Å². The average molecular weight is 523 g/mol. The van der Waals surface area contributed by atoms with Crippen molar-refractivity contribution >= 4 is 18.7 Å². The van der Waals surface area contributed by atoms with Crippen LogP contribution >= 0.6 is 0 Å². The highest BCUT2D eigenvalue weighted by atomic mass is 28.4. The summed E-state index contributed by atoms with van der Waals surface area (Å²) in [5.74, 6) is 1.43. The topological polar surface area (TPSA) is 57.2 Å². The Bertz CT molecular complexity index is 1040. The van der Waals surface area contributed by atoms with Gasteiger partial charge in [-0.25, -0.2) is 0 Å². The largest absolute Gasteiger partial charge is 0.493 e. The molecule has 0 saturated heterocycles. The molecule has 3 rings (SSSR count). The predicted molar refractivity (Wildman–Crippen MR) is 153 cm³/mol. The van der Waals surface area contributed by atoms with Crippen molar-refractivity contribution in [2.45, 2.75) is 51.9 Å². The van der Waals surface area contributed by atoms with Crippen LogP contribution in [-0.4, -0.2) is 47.0 Å². The first-order valence-corrected chi connectivity index (χ1v) is 14.9. The lowest BCUT2D eigenvalue weighted by Gasteiger charge is -2.44. The minimum atomic E-state index is -2.64. The monoisotopic (exact) mass is 522 g/mol. The van der Waals surface area contributed by atoms with Crippen LogP contribution in [0, 0.1) is 5.92 Å². The highest BCUT2D eigenvalue weighted by Gasteiger charge is 2.50. The highest BCUT2D eigenvalue weighted by Crippen LogP contribution is 2.37. The molecule has 0 amide bonds. The molecule has 0 bridgehead atoms. The molecule has 37 heavy (non-hydrogen) atoms. The summed E-state index contributed by atoms with van der Waals surface area (Å²) in [6.45, 7) is 9.99. The molecule has 0 heterocycles. The second-order valence-corrected chi connectivity index (χ2v) is 14.8. The van der Waals surface area contributed by atoms with Gasteiger partial charge in [-0.3, -0.25) is 0 Å². The Kier molecular flexibility index (Phi) is 10.3. The molecule has 0 saturated carbocycles. The first-order chi connectivity index (χ1) is 17.8. The van der Waals surface area contributed by atoms with Crippen LogP contribution in [0.5, 0.6) is 11.5 Å². The number of hydrogen-bond acceptors (Lipinski definition) is 5. The van der Waals surface area contributed by atoms with Crippen molar-refractivity contribution < 1.29 is 23.7 Å². The van der Waals surface area contributed by atoms with Gasteiger partial charge in [0.05, 0.1) is 26.9 Å². The van der Waals surface area contributed by atoms with E-state index < -0.39 is 8.32 Å². The van der Waals surface area contributed by atoms with Crippen molar-refractivity contribution in [1.82, 2.24) is 0 Å². The molecule has 0 spiro atoms. The van der Waals surface area contributed by atoms with Crippen LogP contribution in [0.1, 0.15) is 39.7 Å². The van der Waals surface area contributed by atoms with Gasteiger partial charge in [-0.1, -0.05) is 94.4 Å². The number of rotatable bonds is 13. The second kappa shape index (κ2) is 13.2. The van der Waals surface area contributed by atoms with E-state index in [1.165, 1.54) is 10.4 Å². The van der Waals surface area contributed by atoms with E-state index in [2.05, 4.69) is 88.4 Å². The van der Waals surface area contributed by atoms with E-state index in [1.54, 1.807) is 14.2 Å². The fraction of sp³-hybridized carbons (Fsp3) is 0.419. The molecule has 3 aromatic carbocycles. The van der Waals surface area contributed by atoms with E-state index >= 15 is 0 Å². The molecule has 2 atom stereocenters. The molecule has 5 nitrogen and oxygen atoms in total. The summed E-state index contributed by atoms with van der Waals surface area (Å²) in [6.07, 6.45) is 0.384. The van der Waals surface area contributed by atoms with Crippen LogP contribution in [0.15, 0.2) is 78.9 Å². The fourth-order valence-corrected chi connectivity index (χ4v) is 9.63. The van der Waals surface area contributed by atoms with Crippen molar-refractivity contribution in [2.75, 3.05) is 27.4 Å². The number of aliphatic hydroxyl groups excluding tert-OH is 1. The molecule has 0 aromatic heterocycles. The van der Waals surface area contributed by atoms with Crippen molar-refractivity contribution in [3.8, 4) is 11.5 Å². The SMILES string of the molecule is COc1ccc(CO[C@H](CCO)[C@H](C)CO[Si](c2ccccc2)(c2ccccc2)C(C)(C)C)cc1OC. The molecular weight excluding hydrogens is 480 g/mol. The van der Waals surface area contributed by atoms with Crippen LogP contribution in [0.2, 0.25) is 5.04 Å². The van der Waals surface area contributed by atoms with Crippen LogP contribution in [0.4, 0.5) is 0 Å². The molecule has 1 N–H and O–H groups in total. The first-order valence-electron chi connectivity index (χ1n) is 12.9. The molecule has 6 heteroatoms. The number of methoxy groups -OCH3 is 2. The maximum atomic E-state index is 9.80. The summed E-state index contributed by atoms with van der Waals surface area (Å²) in [5.41, 5.74) is 0.987. The van der Waals surface area contributed by atoms with Gasteiger partial charge >= 0.3 is 0 Å². The summed E-state index contributed by atoms with van der Waals surface area (Å²) >= 11 is 0. The average Bonchev–Trinajstić information content (AvgIpc) is 2.91. The molecule has 0 unspecified atom stereocenters. The van der Waals surface area contributed by atoms with Crippen LogP contribution in [0.3, 0.4) is 0 Å². The maximum Gasteiger partial charge on any atom is 0.261 e. The lowest BCUT2D eigenvalue weighted by molar-refractivity contribution is -0.0212. The molecule has 200 valence electrons. The molecule has 0 aliphatic heterocycles. The van der Waals surface area contributed by atoms with Gasteiger partial charge in [0.2, 0.25) is 0 Å². The van der Waals surface area contributed by atoms with Crippen LogP contribution in [-0.2, 0) is 15.8 Å². The smallest absolute Gasteiger partial charge is 0.261 e. The van der Waals surface area contributed by atoms with E-state index in [0.29, 0.717) is 31.1 Å². The van der Waals surface area contributed by atoms with Crippen LogP contribution < -0.4 is 19.8 Å². The summed E-state index contributed by atoms with van der Waals surface area (Å²) in [4.78, 5) is 0. The van der Waals surface area contributed by atoms with E-state index in [4.69, 9.17) is 18.6 Å². The minimum Gasteiger partial charge on any atom is -0.493 e. The summed E-state index contributed by atoms with van der Waals surface area (Å²) < 4.78 is 24.2. The zero-order valence-electron chi connectivity index (χ0n) is 23.1. The Labute approximate surface area is 223 Å². The fourth-order valence-electron chi connectivity index (χ4n) is 4.96. The Morgan fingerprint density at radius 1 is 0.811 bits per heavy atom. The van der Waals surface area contributed by atoms with E-state index in [-0.39, 0.29) is 23.7 Å².